The van der Waals surface area contributed by atoms with Crippen LogP contribution in [0.2, 0.25) is 0 Å². The maximum atomic E-state index is 4.46. The molecule has 0 unspecified atom stereocenters. The molecule has 0 aliphatic carbocycles. The van der Waals surface area contributed by atoms with Crippen molar-refractivity contribution >= 4 is 21.8 Å². The summed E-state index contributed by atoms with van der Waals surface area (Å²) in [7, 11) is 0. The lowest BCUT2D eigenvalue weighted by molar-refractivity contribution is 1.36. The quantitative estimate of drug-likeness (QED) is 0.428. The third-order valence-corrected chi connectivity index (χ3v) is 2.69. The van der Waals surface area contributed by atoms with Crippen molar-refractivity contribution in [3.63, 3.8) is 0 Å². The van der Waals surface area contributed by atoms with E-state index in [2.05, 4.69) is 33.9 Å². The molecule has 0 radical (unpaired) electrons. The van der Waals surface area contributed by atoms with Gasteiger partial charge in [0.05, 0.1) is 11.0 Å². The fraction of sp³-hybridized carbons (Fsp3) is 0.0667. The van der Waals surface area contributed by atoms with Gasteiger partial charge >= 0.3 is 0 Å². The molecule has 0 atom stereocenters. The van der Waals surface area contributed by atoms with Gasteiger partial charge in [0.25, 0.3) is 0 Å². The zero-order valence-electron chi connectivity index (χ0n) is 9.44. The lowest BCUT2D eigenvalue weighted by Crippen LogP contribution is -1.86. The van der Waals surface area contributed by atoms with Crippen LogP contribution in [-0.4, -0.2) is 9.97 Å². The minimum Gasteiger partial charge on any atom is -0.254 e. The molecule has 0 bridgehead atoms. The van der Waals surface area contributed by atoms with Gasteiger partial charge in [0.2, 0.25) is 0 Å². The van der Waals surface area contributed by atoms with E-state index in [0.29, 0.717) is 0 Å². The topological polar surface area (TPSA) is 25.8 Å². The first-order valence-corrected chi connectivity index (χ1v) is 5.45. The highest BCUT2D eigenvalue weighted by molar-refractivity contribution is 6.02. The van der Waals surface area contributed by atoms with Crippen LogP contribution >= 0.6 is 0 Å². The highest BCUT2D eigenvalue weighted by Crippen LogP contribution is 2.21. The van der Waals surface area contributed by atoms with E-state index in [0.717, 1.165) is 27.4 Å². The summed E-state index contributed by atoms with van der Waals surface area (Å²) < 4.78 is 0. The molecule has 3 rings (SSSR count). The number of hydrogen-bond acceptors (Lipinski definition) is 2. The summed E-state index contributed by atoms with van der Waals surface area (Å²) in [6.45, 7) is 1.83. The van der Waals surface area contributed by atoms with E-state index in [1.165, 1.54) is 0 Å². The summed E-state index contributed by atoms with van der Waals surface area (Å²) in [5.41, 5.74) is 2.82. The first-order valence-electron chi connectivity index (χ1n) is 5.45. The molecule has 0 spiro atoms. The van der Waals surface area contributed by atoms with E-state index in [9.17, 15) is 0 Å². The highest BCUT2D eigenvalue weighted by atomic mass is 14.7. The van der Waals surface area contributed by atoms with Gasteiger partial charge in [-0.05, 0) is 19.1 Å². The predicted octanol–water partition coefficient (Wildman–Crippen LogP) is 3.15. The van der Waals surface area contributed by atoms with Gasteiger partial charge in [-0.2, -0.15) is 0 Å². The van der Waals surface area contributed by atoms with Crippen LogP contribution in [0.1, 0.15) is 12.5 Å². The molecule has 0 amide bonds. The molecule has 0 saturated heterocycles. The molecule has 0 fully saturated rings. The van der Waals surface area contributed by atoms with Crippen LogP contribution in [0.5, 0.6) is 0 Å². The second-order valence-electron chi connectivity index (χ2n) is 3.81. The Kier molecular flexibility index (Phi) is 2.23. The minimum absolute atomic E-state index is 0.935. The minimum atomic E-state index is 0.935. The smallest absolute Gasteiger partial charge is 0.0965 e. The van der Waals surface area contributed by atoms with Crippen molar-refractivity contribution in [1.29, 1.82) is 0 Å². The number of nitrogens with zero attached hydrogens (tertiary/aromatic N) is 2. The second-order valence-corrected chi connectivity index (χ2v) is 3.81. The summed E-state index contributed by atoms with van der Waals surface area (Å²) in [5.74, 6) is 5.90. The molecule has 17 heavy (non-hydrogen) atoms. The van der Waals surface area contributed by atoms with Gasteiger partial charge in [0, 0.05) is 28.7 Å². The Balaban J connectivity index is 2.39. The molecular formula is C15H10N2. The number of rotatable bonds is 0. The van der Waals surface area contributed by atoms with Gasteiger partial charge in [-0.15, -0.1) is 5.92 Å². The maximum absolute atomic E-state index is 4.46. The molecule has 2 heterocycles. The Morgan fingerprint density at radius 1 is 1.00 bits per heavy atom. The SMILES string of the molecule is CC#Cc1cnc2c(ccc3cccnc32)c1. The lowest BCUT2D eigenvalue weighted by atomic mass is 10.1. The normalized spacial score (nSPS) is 10.2. The number of aromatic nitrogens is 2. The summed E-state index contributed by atoms with van der Waals surface area (Å²) in [6, 6.07) is 10.2. The van der Waals surface area contributed by atoms with Crippen LogP contribution in [0.3, 0.4) is 0 Å². The summed E-state index contributed by atoms with van der Waals surface area (Å²) in [4.78, 5) is 8.85. The van der Waals surface area contributed by atoms with Gasteiger partial charge in [-0.1, -0.05) is 24.1 Å². The highest BCUT2D eigenvalue weighted by Gasteiger charge is 2.02. The zero-order chi connectivity index (χ0) is 11.7. The van der Waals surface area contributed by atoms with E-state index in [4.69, 9.17) is 0 Å². The van der Waals surface area contributed by atoms with Gasteiger partial charge in [0.1, 0.15) is 0 Å². The van der Waals surface area contributed by atoms with Crippen LogP contribution in [0.25, 0.3) is 21.8 Å². The third-order valence-electron chi connectivity index (χ3n) is 2.69. The Morgan fingerprint density at radius 3 is 2.71 bits per heavy atom. The zero-order valence-corrected chi connectivity index (χ0v) is 9.44. The van der Waals surface area contributed by atoms with Gasteiger partial charge < -0.3 is 0 Å². The predicted molar refractivity (Wildman–Crippen MR) is 69.6 cm³/mol. The molecule has 0 aliphatic rings. The molecular weight excluding hydrogens is 208 g/mol. The molecule has 0 N–H and O–H groups in total. The summed E-state index contributed by atoms with van der Waals surface area (Å²) >= 11 is 0. The van der Waals surface area contributed by atoms with Crippen molar-refractivity contribution in [3.8, 4) is 11.8 Å². The number of benzene rings is 1. The Morgan fingerprint density at radius 2 is 1.82 bits per heavy atom. The number of hydrogen-bond donors (Lipinski definition) is 0. The molecule has 80 valence electrons. The van der Waals surface area contributed by atoms with Gasteiger partial charge in [0.15, 0.2) is 0 Å². The van der Waals surface area contributed by atoms with Crippen LogP contribution < -0.4 is 0 Å². The molecule has 0 aliphatic heterocycles. The Labute approximate surface area is 99.3 Å². The van der Waals surface area contributed by atoms with Gasteiger partial charge in [-0.25, -0.2) is 0 Å². The van der Waals surface area contributed by atoms with Crippen molar-refractivity contribution < 1.29 is 0 Å². The van der Waals surface area contributed by atoms with Crippen LogP contribution in [-0.2, 0) is 0 Å². The van der Waals surface area contributed by atoms with Crippen molar-refractivity contribution in [3.05, 3.63) is 48.3 Å². The fourth-order valence-corrected chi connectivity index (χ4v) is 1.95. The number of pyridine rings is 2. The summed E-state index contributed by atoms with van der Waals surface area (Å²) in [5, 5.41) is 2.19. The average molecular weight is 218 g/mol. The lowest BCUT2D eigenvalue weighted by Gasteiger charge is -2.02. The van der Waals surface area contributed by atoms with E-state index in [1.807, 2.05) is 25.1 Å². The first kappa shape index (κ1) is 9.80. The molecule has 2 aromatic heterocycles. The van der Waals surface area contributed by atoms with E-state index < -0.39 is 0 Å². The molecule has 1 aromatic carbocycles. The Hall–Kier alpha value is -2.40. The van der Waals surface area contributed by atoms with Crippen LogP contribution in [0, 0.1) is 11.8 Å². The largest absolute Gasteiger partial charge is 0.254 e. The maximum Gasteiger partial charge on any atom is 0.0965 e. The van der Waals surface area contributed by atoms with Crippen molar-refractivity contribution in [2.45, 2.75) is 6.92 Å². The van der Waals surface area contributed by atoms with Crippen molar-refractivity contribution in [1.82, 2.24) is 9.97 Å². The summed E-state index contributed by atoms with van der Waals surface area (Å²) in [6.07, 6.45) is 3.59. The van der Waals surface area contributed by atoms with E-state index >= 15 is 0 Å². The van der Waals surface area contributed by atoms with E-state index in [-0.39, 0.29) is 0 Å². The van der Waals surface area contributed by atoms with E-state index in [1.54, 1.807) is 12.4 Å². The van der Waals surface area contributed by atoms with Crippen LogP contribution in [0.4, 0.5) is 0 Å². The molecule has 0 saturated carbocycles. The van der Waals surface area contributed by atoms with Gasteiger partial charge in [-0.3, -0.25) is 9.97 Å². The fourth-order valence-electron chi connectivity index (χ4n) is 1.95. The second kappa shape index (κ2) is 3.88. The molecule has 2 nitrogen and oxygen atoms in total. The number of fused-ring (bicyclic) bond motifs is 3. The average Bonchev–Trinajstić information content (AvgIpc) is 2.39. The Bertz CT molecular complexity index is 764. The molecule has 3 aromatic rings. The monoisotopic (exact) mass is 218 g/mol. The standard InChI is InChI=1S/C15H10N2/c1-2-4-11-9-13-7-6-12-5-3-8-16-14(12)15(13)17-10-11/h3,5-10H,1H3. The van der Waals surface area contributed by atoms with Crippen molar-refractivity contribution in [2.75, 3.05) is 0 Å². The van der Waals surface area contributed by atoms with Crippen LogP contribution in [0.15, 0.2) is 42.7 Å². The first-order chi connectivity index (χ1) is 8.38. The third kappa shape index (κ3) is 1.62. The van der Waals surface area contributed by atoms with Crippen molar-refractivity contribution in [2.24, 2.45) is 0 Å². The molecule has 2 heteroatoms.